The maximum absolute atomic E-state index is 13.2. The molecule has 0 aliphatic rings. The number of hydrogen-bond donors (Lipinski definition) is 0. The largest absolute Gasteiger partial charge is 0.456 e. The third-order valence-corrected chi connectivity index (χ3v) is 3.61. The number of benzene rings is 2. The van der Waals surface area contributed by atoms with Gasteiger partial charge in [0.1, 0.15) is 17.3 Å². The fraction of sp³-hybridized carbons (Fsp3) is 0.143. The summed E-state index contributed by atoms with van der Waals surface area (Å²) < 4.78 is 19.6. The highest BCUT2D eigenvalue weighted by molar-refractivity contribution is 14.1. The van der Waals surface area contributed by atoms with E-state index in [-0.39, 0.29) is 11.5 Å². The molecule has 0 amide bonds. The van der Waals surface area contributed by atoms with E-state index in [4.69, 9.17) is 4.74 Å². The molecule has 0 unspecified atom stereocenters. The molecule has 6 heteroatoms. The summed E-state index contributed by atoms with van der Waals surface area (Å²) in [5, 5.41) is 10.7. The lowest BCUT2D eigenvalue weighted by Gasteiger charge is -2.13. The van der Waals surface area contributed by atoms with E-state index in [2.05, 4.69) is 0 Å². The molecule has 0 saturated heterocycles. The van der Waals surface area contributed by atoms with Crippen LogP contribution < -0.4 is 4.74 Å². The summed E-state index contributed by atoms with van der Waals surface area (Å²) >= 11 is 1.97. The summed E-state index contributed by atoms with van der Waals surface area (Å²) in [5.41, 5.74) is 1.36. The Bertz CT molecular complexity index is 665. The van der Waals surface area contributed by atoms with Crippen LogP contribution in [0.25, 0.3) is 0 Å². The van der Waals surface area contributed by atoms with E-state index >= 15 is 0 Å². The van der Waals surface area contributed by atoms with Crippen molar-refractivity contribution in [3.63, 3.8) is 0 Å². The second-order valence-electron chi connectivity index (χ2n) is 4.34. The van der Waals surface area contributed by atoms with E-state index in [0.29, 0.717) is 26.2 Å². The van der Waals surface area contributed by atoms with Gasteiger partial charge in [-0.25, -0.2) is 4.39 Å². The van der Waals surface area contributed by atoms with Crippen molar-refractivity contribution >= 4 is 28.3 Å². The monoisotopic (exact) mass is 387 g/mol. The van der Waals surface area contributed by atoms with Crippen molar-refractivity contribution in [3.05, 3.63) is 61.0 Å². The highest BCUT2D eigenvalue weighted by Crippen LogP contribution is 2.33. The molecule has 104 valence electrons. The van der Waals surface area contributed by atoms with Crippen molar-refractivity contribution in [3.8, 4) is 11.5 Å². The minimum Gasteiger partial charge on any atom is -0.456 e. The summed E-state index contributed by atoms with van der Waals surface area (Å²) in [6.45, 7) is 3.51. The van der Waals surface area contributed by atoms with Gasteiger partial charge in [-0.2, -0.15) is 0 Å². The predicted molar refractivity (Wildman–Crippen MR) is 81.8 cm³/mol. The SMILES string of the molecule is Cc1cc(F)cc(C)c1Oc1ccc([N+](=O)[O-])cc1I. The third kappa shape index (κ3) is 3.06. The van der Waals surface area contributed by atoms with Gasteiger partial charge >= 0.3 is 0 Å². The molecule has 4 nitrogen and oxygen atoms in total. The van der Waals surface area contributed by atoms with E-state index in [1.807, 2.05) is 22.6 Å². The van der Waals surface area contributed by atoms with Gasteiger partial charge in [0, 0.05) is 12.1 Å². The maximum atomic E-state index is 13.2. The average Bonchev–Trinajstić information content (AvgIpc) is 2.34. The number of ether oxygens (including phenoxy) is 1. The Kier molecular flexibility index (Phi) is 4.22. The van der Waals surface area contributed by atoms with Gasteiger partial charge in [0.2, 0.25) is 0 Å². The zero-order chi connectivity index (χ0) is 14.9. The van der Waals surface area contributed by atoms with Crippen molar-refractivity contribution in [2.45, 2.75) is 13.8 Å². The predicted octanol–water partition coefficient (Wildman–Crippen LogP) is 4.75. The Morgan fingerprint density at radius 3 is 2.30 bits per heavy atom. The molecule has 2 aromatic carbocycles. The zero-order valence-corrected chi connectivity index (χ0v) is 13.0. The van der Waals surface area contributed by atoms with Crippen LogP contribution in [-0.4, -0.2) is 4.92 Å². The van der Waals surface area contributed by atoms with E-state index in [1.54, 1.807) is 19.9 Å². The standard InChI is InChI=1S/C14H11FINO3/c1-8-5-10(15)6-9(2)14(8)20-13-4-3-11(17(18)19)7-12(13)16/h3-7H,1-2H3. The van der Waals surface area contributed by atoms with E-state index in [1.165, 1.54) is 24.3 Å². The van der Waals surface area contributed by atoms with Crippen LogP contribution >= 0.6 is 22.6 Å². The van der Waals surface area contributed by atoms with E-state index < -0.39 is 4.92 Å². The summed E-state index contributed by atoms with van der Waals surface area (Å²) in [5.74, 6) is 0.762. The molecular weight excluding hydrogens is 376 g/mol. The fourth-order valence-corrected chi connectivity index (χ4v) is 2.46. The maximum Gasteiger partial charge on any atom is 0.270 e. The van der Waals surface area contributed by atoms with Gasteiger partial charge in [-0.3, -0.25) is 10.1 Å². The fourth-order valence-electron chi connectivity index (χ4n) is 1.85. The van der Waals surface area contributed by atoms with Crippen LogP contribution in [0, 0.1) is 33.3 Å². The summed E-state index contributed by atoms with van der Waals surface area (Å²) in [6.07, 6.45) is 0. The number of nitro groups is 1. The van der Waals surface area contributed by atoms with Gasteiger partial charge in [0.25, 0.3) is 5.69 Å². The first-order chi connectivity index (χ1) is 9.38. The van der Waals surface area contributed by atoms with Crippen molar-refractivity contribution < 1.29 is 14.1 Å². The zero-order valence-electron chi connectivity index (χ0n) is 10.8. The Hall–Kier alpha value is -1.70. The molecule has 0 radical (unpaired) electrons. The normalized spacial score (nSPS) is 10.4. The molecule has 0 aromatic heterocycles. The first kappa shape index (κ1) is 14.7. The summed E-state index contributed by atoms with van der Waals surface area (Å²) in [7, 11) is 0. The highest BCUT2D eigenvalue weighted by Gasteiger charge is 2.13. The Balaban J connectivity index is 2.38. The van der Waals surface area contributed by atoms with Crippen LogP contribution in [0.5, 0.6) is 11.5 Å². The molecule has 2 aromatic rings. The van der Waals surface area contributed by atoms with Gasteiger partial charge in [-0.05, 0) is 65.8 Å². The van der Waals surface area contributed by atoms with Crippen molar-refractivity contribution in [1.29, 1.82) is 0 Å². The molecule has 0 spiro atoms. The summed E-state index contributed by atoms with van der Waals surface area (Å²) in [6, 6.07) is 7.14. The smallest absolute Gasteiger partial charge is 0.270 e. The molecule has 0 aliphatic carbocycles. The van der Waals surface area contributed by atoms with Crippen LogP contribution in [0.2, 0.25) is 0 Å². The number of hydrogen-bond acceptors (Lipinski definition) is 3. The Morgan fingerprint density at radius 1 is 1.20 bits per heavy atom. The minimum absolute atomic E-state index is 0.00861. The lowest BCUT2D eigenvalue weighted by Crippen LogP contribution is -1.95. The van der Waals surface area contributed by atoms with E-state index in [0.717, 1.165) is 0 Å². The molecule has 20 heavy (non-hydrogen) atoms. The third-order valence-electron chi connectivity index (χ3n) is 2.76. The molecule has 0 atom stereocenters. The average molecular weight is 387 g/mol. The van der Waals surface area contributed by atoms with E-state index in [9.17, 15) is 14.5 Å². The lowest BCUT2D eigenvalue weighted by molar-refractivity contribution is -0.385. The Morgan fingerprint density at radius 2 is 1.80 bits per heavy atom. The minimum atomic E-state index is -0.458. The van der Waals surface area contributed by atoms with Gasteiger partial charge in [-0.1, -0.05) is 0 Å². The molecule has 0 N–H and O–H groups in total. The Labute approximate surface area is 128 Å². The number of aryl methyl sites for hydroxylation is 2. The first-order valence-corrected chi connectivity index (χ1v) is 6.85. The van der Waals surface area contributed by atoms with Gasteiger partial charge in [-0.15, -0.1) is 0 Å². The van der Waals surface area contributed by atoms with Gasteiger partial charge in [0.05, 0.1) is 8.49 Å². The molecule has 0 saturated carbocycles. The van der Waals surface area contributed by atoms with Gasteiger partial charge in [0.15, 0.2) is 0 Å². The number of nitrogens with zero attached hydrogens (tertiary/aromatic N) is 1. The first-order valence-electron chi connectivity index (χ1n) is 5.77. The number of rotatable bonds is 3. The highest BCUT2D eigenvalue weighted by atomic mass is 127. The molecule has 2 rings (SSSR count). The van der Waals surface area contributed by atoms with Crippen LogP contribution in [-0.2, 0) is 0 Å². The number of halogens is 2. The van der Waals surface area contributed by atoms with Crippen molar-refractivity contribution in [1.82, 2.24) is 0 Å². The lowest BCUT2D eigenvalue weighted by atomic mass is 10.1. The topological polar surface area (TPSA) is 52.4 Å². The van der Waals surface area contributed by atoms with Crippen LogP contribution in [0.1, 0.15) is 11.1 Å². The van der Waals surface area contributed by atoms with Crippen molar-refractivity contribution in [2.24, 2.45) is 0 Å². The molecule has 0 aliphatic heterocycles. The van der Waals surface area contributed by atoms with Crippen LogP contribution in [0.4, 0.5) is 10.1 Å². The summed E-state index contributed by atoms with van der Waals surface area (Å²) in [4.78, 5) is 10.2. The number of nitro benzene ring substituents is 1. The second kappa shape index (κ2) is 5.74. The van der Waals surface area contributed by atoms with Crippen LogP contribution in [0.15, 0.2) is 30.3 Å². The molecule has 0 fully saturated rings. The van der Waals surface area contributed by atoms with Crippen molar-refractivity contribution in [2.75, 3.05) is 0 Å². The molecule has 0 heterocycles. The molecular formula is C14H11FINO3. The number of non-ortho nitro benzene ring substituents is 1. The van der Waals surface area contributed by atoms with Crippen LogP contribution in [0.3, 0.4) is 0 Å². The van der Waals surface area contributed by atoms with Gasteiger partial charge < -0.3 is 4.74 Å². The second-order valence-corrected chi connectivity index (χ2v) is 5.50. The molecule has 0 bridgehead atoms. The quantitative estimate of drug-likeness (QED) is 0.434.